The summed E-state index contributed by atoms with van der Waals surface area (Å²) in [7, 11) is 1.56. The number of halogens is 1. The molecule has 170 valence electrons. The minimum Gasteiger partial charge on any atom is -0.494 e. The molecule has 3 aromatic rings. The zero-order valence-electron chi connectivity index (χ0n) is 18.9. The number of methoxy groups -OCH3 is 1. The summed E-state index contributed by atoms with van der Waals surface area (Å²) in [4.78, 5) is 25.4. The van der Waals surface area contributed by atoms with Crippen molar-refractivity contribution in [1.82, 2.24) is 14.9 Å². The molecule has 4 rings (SSSR count). The summed E-state index contributed by atoms with van der Waals surface area (Å²) < 4.78 is 17.3. The van der Waals surface area contributed by atoms with Gasteiger partial charge in [-0.25, -0.2) is 4.79 Å². The lowest BCUT2D eigenvalue weighted by Crippen LogP contribution is -2.54. The first-order valence-electron chi connectivity index (χ1n) is 10.5. The van der Waals surface area contributed by atoms with Gasteiger partial charge in [0.2, 0.25) is 0 Å². The van der Waals surface area contributed by atoms with Gasteiger partial charge in [-0.05, 0) is 45.9 Å². The average molecular weight is 459 g/mol. The number of fused-ring (bicyclic) bond motifs is 1. The first kappa shape index (κ1) is 22.2. The molecule has 1 saturated heterocycles. The van der Waals surface area contributed by atoms with E-state index >= 15 is 0 Å². The van der Waals surface area contributed by atoms with Crippen LogP contribution < -0.4 is 9.64 Å². The monoisotopic (exact) mass is 458 g/mol. The van der Waals surface area contributed by atoms with Crippen LogP contribution in [0.15, 0.2) is 34.9 Å². The summed E-state index contributed by atoms with van der Waals surface area (Å²) in [5, 5.41) is 0.434. The average Bonchev–Trinajstić information content (AvgIpc) is 3.15. The Kier molecular flexibility index (Phi) is 5.90. The number of benzene rings is 1. The summed E-state index contributed by atoms with van der Waals surface area (Å²) in [6.07, 6.45) is 1.40. The quantitative estimate of drug-likeness (QED) is 0.546. The van der Waals surface area contributed by atoms with Crippen LogP contribution in [0.5, 0.6) is 5.75 Å². The number of piperazine rings is 1. The van der Waals surface area contributed by atoms with Crippen LogP contribution in [-0.4, -0.2) is 59.3 Å². The molecule has 1 atom stereocenters. The third kappa shape index (κ3) is 4.32. The predicted molar refractivity (Wildman–Crippen MR) is 123 cm³/mol. The highest BCUT2D eigenvalue weighted by Gasteiger charge is 2.32. The van der Waals surface area contributed by atoms with E-state index < -0.39 is 5.60 Å². The molecule has 2 aromatic heterocycles. The number of ether oxygens (including phenoxy) is 2. The van der Waals surface area contributed by atoms with Crippen LogP contribution in [0, 0.1) is 0 Å². The number of carbonyl (C=O) groups excluding carboxylic acids is 1. The normalized spacial score (nSPS) is 17.0. The van der Waals surface area contributed by atoms with Gasteiger partial charge in [-0.1, -0.05) is 17.7 Å². The van der Waals surface area contributed by atoms with E-state index in [1.165, 1.54) is 0 Å². The molecule has 9 heteroatoms. The van der Waals surface area contributed by atoms with Crippen molar-refractivity contribution in [2.24, 2.45) is 0 Å². The molecule has 3 heterocycles. The lowest BCUT2D eigenvalue weighted by Gasteiger charge is -2.39. The number of anilines is 1. The molecule has 32 heavy (non-hydrogen) atoms. The Morgan fingerprint density at radius 3 is 2.69 bits per heavy atom. The largest absolute Gasteiger partial charge is 0.494 e. The Balaban J connectivity index is 1.66. The van der Waals surface area contributed by atoms with Crippen LogP contribution in [0.1, 0.15) is 27.7 Å². The lowest BCUT2D eigenvalue weighted by molar-refractivity contribution is 0.0216. The highest BCUT2D eigenvalue weighted by Crippen LogP contribution is 2.43. The van der Waals surface area contributed by atoms with Gasteiger partial charge in [-0.2, -0.15) is 4.98 Å². The summed E-state index contributed by atoms with van der Waals surface area (Å²) >= 11 is 6.48. The molecular weight excluding hydrogens is 432 g/mol. The van der Waals surface area contributed by atoms with Crippen LogP contribution in [0.2, 0.25) is 5.02 Å². The molecular formula is C23H27ClN4O4. The molecule has 8 nitrogen and oxygen atoms in total. The molecule has 1 fully saturated rings. The van der Waals surface area contributed by atoms with E-state index in [9.17, 15) is 4.79 Å². The van der Waals surface area contributed by atoms with Crippen molar-refractivity contribution in [3.8, 4) is 17.0 Å². The molecule has 0 spiro atoms. The van der Waals surface area contributed by atoms with E-state index in [0.29, 0.717) is 58.8 Å². The summed E-state index contributed by atoms with van der Waals surface area (Å²) in [5.41, 5.74) is 1.99. The third-order valence-electron chi connectivity index (χ3n) is 5.23. The van der Waals surface area contributed by atoms with Crippen LogP contribution in [0.4, 0.5) is 10.8 Å². The number of amides is 1. The first-order chi connectivity index (χ1) is 15.2. The highest BCUT2D eigenvalue weighted by molar-refractivity contribution is 6.33. The zero-order chi connectivity index (χ0) is 23.0. The summed E-state index contributed by atoms with van der Waals surface area (Å²) in [6.45, 7) is 9.19. The third-order valence-corrected chi connectivity index (χ3v) is 5.51. The van der Waals surface area contributed by atoms with Crippen LogP contribution in [-0.2, 0) is 4.74 Å². The summed E-state index contributed by atoms with van der Waals surface area (Å²) in [5.74, 6) is 0.489. The second kappa shape index (κ2) is 8.50. The molecule has 0 bridgehead atoms. The van der Waals surface area contributed by atoms with E-state index in [-0.39, 0.29) is 12.1 Å². The fourth-order valence-electron chi connectivity index (χ4n) is 3.81. The van der Waals surface area contributed by atoms with Crippen molar-refractivity contribution in [3.05, 3.63) is 35.5 Å². The minimum absolute atomic E-state index is 0.0139. The van der Waals surface area contributed by atoms with E-state index in [1.54, 1.807) is 24.3 Å². The van der Waals surface area contributed by atoms with Crippen molar-refractivity contribution < 1.29 is 18.7 Å². The number of rotatable bonds is 3. The number of aromatic nitrogens is 2. The molecule has 1 amide bonds. The number of oxazole rings is 1. The van der Waals surface area contributed by atoms with Crippen molar-refractivity contribution in [1.29, 1.82) is 0 Å². The van der Waals surface area contributed by atoms with E-state index in [0.717, 1.165) is 0 Å². The zero-order valence-corrected chi connectivity index (χ0v) is 19.6. The smallest absolute Gasteiger partial charge is 0.410 e. The van der Waals surface area contributed by atoms with E-state index in [2.05, 4.69) is 4.98 Å². The van der Waals surface area contributed by atoms with Gasteiger partial charge in [0.1, 0.15) is 11.1 Å². The van der Waals surface area contributed by atoms with Gasteiger partial charge < -0.3 is 23.7 Å². The number of hydrogen-bond acceptors (Lipinski definition) is 7. The maximum absolute atomic E-state index is 12.5. The van der Waals surface area contributed by atoms with Crippen molar-refractivity contribution >= 4 is 34.8 Å². The maximum atomic E-state index is 12.5. The fourth-order valence-corrected chi connectivity index (χ4v) is 4.08. The summed E-state index contributed by atoms with van der Waals surface area (Å²) in [6, 6.07) is 7.80. The molecule has 0 aliphatic carbocycles. The topological polar surface area (TPSA) is 80.9 Å². The van der Waals surface area contributed by atoms with Gasteiger partial charge in [0.05, 0.1) is 23.4 Å². The standard InChI is InChI=1S/C23H27ClN4O4/c1-14-13-27(22(29)32-23(2,3)4)10-11-28(14)21-26-17-12-15(24)19(30-5)18(20(17)31-21)16-8-6-7-9-25-16/h6-9,12,14H,10-11,13H2,1-5H3. The van der Waals surface area contributed by atoms with Gasteiger partial charge in [0, 0.05) is 31.9 Å². The minimum atomic E-state index is -0.530. The second-order valence-electron chi connectivity index (χ2n) is 8.80. The van der Waals surface area contributed by atoms with Crippen molar-refractivity contribution in [3.63, 3.8) is 0 Å². The Hall–Kier alpha value is -3.00. The molecule has 1 aromatic carbocycles. The van der Waals surface area contributed by atoms with E-state index in [1.807, 2.05) is 50.8 Å². The van der Waals surface area contributed by atoms with Crippen molar-refractivity contribution in [2.45, 2.75) is 39.3 Å². The molecule has 1 unspecified atom stereocenters. The van der Waals surface area contributed by atoms with Gasteiger partial charge >= 0.3 is 6.09 Å². The van der Waals surface area contributed by atoms with Crippen LogP contribution in [0.3, 0.4) is 0 Å². The molecule has 0 saturated carbocycles. The molecule has 0 N–H and O–H groups in total. The number of pyridine rings is 1. The Morgan fingerprint density at radius 1 is 1.28 bits per heavy atom. The molecule has 0 radical (unpaired) electrons. The molecule has 1 aliphatic rings. The fraction of sp³-hybridized carbons (Fsp3) is 0.435. The Labute approximate surface area is 192 Å². The predicted octanol–water partition coefficient (Wildman–Crippen LogP) is 5.00. The maximum Gasteiger partial charge on any atom is 0.410 e. The van der Waals surface area contributed by atoms with Gasteiger partial charge in [0.15, 0.2) is 11.3 Å². The first-order valence-corrected chi connectivity index (χ1v) is 10.9. The molecule has 1 aliphatic heterocycles. The Bertz CT molecular complexity index is 1130. The van der Waals surface area contributed by atoms with Crippen LogP contribution in [0.25, 0.3) is 22.4 Å². The van der Waals surface area contributed by atoms with Crippen LogP contribution >= 0.6 is 11.6 Å². The second-order valence-corrected chi connectivity index (χ2v) is 9.20. The highest BCUT2D eigenvalue weighted by atomic mass is 35.5. The Morgan fingerprint density at radius 2 is 2.06 bits per heavy atom. The number of hydrogen-bond donors (Lipinski definition) is 0. The number of nitrogens with zero attached hydrogens (tertiary/aromatic N) is 4. The van der Waals surface area contributed by atoms with Gasteiger partial charge in [0.25, 0.3) is 6.01 Å². The van der Waals surface area contributed by atoms with Crippen molar-refractivity contribution in [2.75, 3.05) is 31.6 Å². The van der Waals surface area contributed by atoms with Gasteiger partial charge in [-0.3, -0.25) is 4.98 Å². The lowest BCUT2D eigenvalue weighted by atomic mass is 10.1. The van der Waals surface area contributed by atoms with E-state index in [4.69, 9.17) is 30.5 Å². The van der Waals surface area contributed by atoms with Gasteiger partial charge in [-0.15, -0.1) is 0 Å². The SMILES string of the molecule is COc1c(Cl)cc2nc(N3CCN(C(=O)OC(C)(C)C)CC3C)oc2c1-c1ccccn1. The number of carbonyl (C=O) groups is 1.